The number of nitrogens with zero attached hydrogens (tertiary/aromatic N) is 3. The number of benzene rings is 2. The van der Waals surface area contributed by atoms with Crippen molar-refractivity contribution in [2.24, 2.45) is 10.7 Å². The summed E-state index contributed by atoms with van der Waals surface area (Å²) in [7, 11) is 0. The van der Waals surface area contributed by atoms with Crippen LogP contribution < -0.4 is 10.5 Å². The van der Waals surface area contributed by atoms with Gasteiger partial charge < -0.3 is 15.2 Å². The molecule has 8 heteroatoms. The van der Waals surface area contributed by atoms with E-state index in [1.165, 1.54) is 6.07 Å². The maximum atomic E-state index is 14.6. The molecule has 0 saturated carbocycles. The second-order valence-electron chi connectivity index (χ2n) is 8.66. The number of pyridine rings is 2. The lowest BCUT2D eigenvalue weighted by molar-refractivity contribution is 0.109. The highest BCUT2D eigenvalue weighted by Crippen LogP contribution is 2.51. The minimum atomic E-state index is -1.06. The molecule has 2 N–H and O–H groups in total. The van der Waals surface area contributed by atoms with E-state index in [2.05, 4.69) is 9.97 Å². The Morgan fingerprint density at radius 1 is 0.914 bits per heavy atom. The summed E-state index contributed by atoms with van der Waals surface area (Å²) in [5, 5.41) is 0. The zero-order valence-corrected chi connectivity index (χ0v) is 18.8. The molecule has 0 fully saturated rings. The number of nitrogens with two attached hydrogens (primary N) is 1. The molecule has 174 valence electrons. The zero-order valence-electron chi connectivity index (χ0n) is 18.8. The number of hydrogen-bond donors (Lipinski definition) is 1. The lowest BCUT2D eigenvalue weighted by Crippen LogP contribution is -2.42. The summed E-state index contributed by atoms with van der Waals surface area (Å²) in [5.41, 5.74) is 9.72. The van der Waals surface area contributed by atoms with Gasteiger partial charge in [-0.2, -0.15) is 0 Å². The van der Waals surface area contributed by atoms with Gasteiger partial charge in [0.2, 0.25) is 5.88 Å². The Bertz CT molecular complexity index is 1520. The van der Waals surface area contributed by atoms with Crippen LogP contribution in [0.2, 0.25) is 0 Å². The number of fused-ring (bicyclic) bond motifs is 4. The quantitative estimate of drug-likeness (QED) is 0.439. The first-order valence-electron chi connectivity index (χ1n) is 11.1. The van der Waals surface area contributed by atoms with Crippen LogP contribution in [0.1, 0.15) is 16.8 Å². The number of ether oxygens (including phenoxy) is 2. The van der Waals surface area contributed by atoms with Gasteiger partial charge in [-0.3, -0.25) is 9.98 Å². The number of hydrogen-bond acceptors (Lipinski definition) is 6. The third-order valence-electron chi connectivity index (χ3n) is 6.29. The van der Waals surface area contributed by atoms with Gasteiger partial charge in [0, 0.05) is 40.3 Å². The first-order chi connectivity index (χ1) is 16.9. The van der Waals surface area contributed by atoms with E-state index in [0.29, 0.717) is 34.2 Å². The standard InChI is InChI=1S/C27H20F2N4O2/c1-15-8-16(6-7-31-15)18-10-22-26(32-12-18)35-24-5-2-17(20-11-19(28)3-4-23(20)29)9-21(24)27(22)14-34-13-25(30)33-27/h2-12H,13-14H2,1H3,(H2,30,33)/t27-/m0/s1. The Morgan fingerprint density at radius 3 is 2.60 bits per heavy atom. The molecule has 4 heterocycles. The molecule has 35 heavy (non-hydrogen) atoms. The largest absolute Gasteiger partial charge is 0.438 e. The molecule has 0 aliphatic carbocycles. The van der Waals surface area contributed by atoms with Crippen molar-refractivity contribution >= 4 is 5.84 Å². The van der Waals surface area contributed by atoms with E-state index in [4.69, 9.17) is 20.2 Å². The zero-order chi connectivity index (χ0) is 24.2. The van der Waals surface area contributed by atoms with E-state index < -0.39 is 17.2 Å². The van der Waals surface area contributed by atoms with E-state index in [0.717, 1.165) is 29.0 Å². The van der Waals surface area contributed by atoms with Crippen molar-refractivity contribution in [1.82, 2.24) is 9.97 Å². The number of rotatable bonds is 2. The second-order valence-corrected chi connectivity index (χ2v) is 8.66. The minimum absolute atomic E-state index is 0.140. The molecule has 1 atom stereocenters. The van der Waals surface area contributed by atoms with Gasteiger partial charge in [-0.25, -0.2) is 13.8 Å². The smallest absolute Gasteiger partial charge is 0.225 e. The molecule has 2 aliphatic heterocycles. The maximum Gasteiger partial charge on any atom is 0.225 e. The predicted molar refractivity (Wildman–Crippen MR) is 127 cm³/mol. The molecule has 0 unspecified atom stereocenters. The molecule has 2 aromatic heterocycles. The molecule has 2 aliphatic rings. The molecule has 0 saturated heterocycles. The highest BCUT2D eigenvalue weighted by atomic mass is 19.1. The van der Waals surface area contributed by atoms with Gasteiger partial charge in [-0.1, -0.05) is 6.07 Å². The Hall–Kier alpha value is -4.17. The van der Waals surface area contributed by atoms with E-state index in [9.17, 15) is 8.78 Å². The SMILES string of the molecule is Cc1cc(-c2cnc3c(c2)[C@]2(COCC(N)=N2)c2cc(-c4cc(F)ccc4F)ccc2O3)ccn1. The highest BCUT2D eigenvalue weighted by Gasteiger charge is 2.45. The summed E-state index contributed by atoms with van der Waals surface area (Å²) in [5.74, 6) is 0.152. The van der Waals surface area contributed by atoms with Crippen LogP contribution in [-0.2, 0) is 10.3 Å². The van der Waals surface area contributed by atoms with Crippen molar-refractivity contribution in [2.75, 3.05) is 13.2 Å². The van der Waals surface area contributed by atoms with Crippen molar-refractivity contribution in [3.63, 3.8) is 0 Å². The Morgan fingerprint density at radius 2 is 1.77 bits per heavy atom. The molecule has 1 spiro atoms. The van der Waals surface area contributed by atoms with Crippen LogP contribution in [-0.4, -0.2) is 29.0 Å². The van der Waals surface area contributed by atoms with Crippen molar-refractivity contribution < 1.29 is 18.3 Å². The van der Waals surface area contributed by atoms with Gasteiger partial charge in [0.1, 0.15) is 35.4 Å². The van der Waals surface area contributed by atoms with E-state index in [1.54, 1.807) is 30.6 Å². The van der Waals surface area contributed by atoms with Crippen LogP contribution in [0.5, 0.6) is 11.6 Å². The van der Waals surface area contributed by atoms with Crippen molar-refractivity contribution in [1.29, 1.82) is 0 Å². The number of halogens is 2. The summed E-state index contributed by atoms with van der Waals surface area (Å²) in [6.07, 6.45) is 3.48. The van der Waals surface area contributed by atoms with Crippen LogP contribution >= 0.6 is 0 Å². The fourth-order valence-corrected chi connectivity index (χ4v) is 4.68. The molecule has 4 aromatic rings. The molecular weight excluding hydrogens is 450 g/mol. The monoisotopic (exact) mass is 470 g/mol. The Kier molecular flexibility index (Phi) is 4.86. The first-order valence-corrected chi connectivity index (χ1v) is 11.1. The fraction of sp³-hybridized carbons (Fsp3) is 0.148. The third-order valence-corrected chi connectivity index (χ3v) is 6.29. The minimum Gasteiger partial charge on any atom is -0.438 e. The topological polar surface area (TPSA) is 82.6 Å². The number of amidine groups is 1. The molecule has 6 rings (SSSR count). The van der Waals surface area contributed by atoms with Gasteiger partial charge in [0.05, 0.1) is 6.61 Å². The fourth-order valence-electron chi connectivity index (χ4n) is 4.68. The summed E-state index contributed by atoms with van der Waals surface area (Å²) in [4.78, 5) is 13.7. The third kappa shape index (κ3) is 3.54. The van der Waals surface area contributed by atoms with Gasteiger partial charge >= 0.3 is 0 Å². The molecule has 6 nitrogen and oxygen atoms in total. The average molecular weight is 470 g/mol. The maximum absolute atomic E-state index is 14.6. The van der Waals surface area contributed by atoms with Crippen LogP contribution in [0.3, 0.4) is 0 Å². The van der Waals surface area contributed by atoms with Crippen molar-refractivity contribution in [2.45, 2.75) is 12.5 Å². The van der Waals surface area contributed by atoms with Gasteiger partial charge in [0.15, 0.2) is 0 Å². The van der Waals surface area contributed by atoms with E-state index >= 15 is 0 Å². The lowest BCUT2D eigenvalue weighted by Gasteiger charge is -2.39. The van der Waals surface area contributed by atoms with Crippen LogP contribution in [0.15, 0.2) is 72.0 Å². The van der Waals surface area contributed by atoms with Crippen LogP contribution in [0, 0.1) is 18.6 Å². The van der Waals surface area contributed by atoms with Crippen molar-refractivity contribution in [3.05, 3.63) is 95.4 Å². The van der Waals surface area contributed by atoms with Gasteiger partial charge in [-0.05, 0) is 66.6 Å². The van der Waals surface area contributed by atoms with E-state index in [1.807, 2.05) is 25.1 Å². The summed E-state index contributed by atoms with van der Waals surface area (Å²) in [6.45, 7) is 2.30. The van der Waals surface area contributed by atoms with Gasteiger partial charge in [-0.15, -0.1) is 0 Å². The summed E-state index contributed by atoms with van der Waals surface area (Å²) < 4.78 is 40.6. The molecule has 2 aromatic carbocycles. The number of aryl methyl sites for hydroxylation is 1. The van der Waals surface area contributed by atoms with Crippen LogP contribution in [0.25, 0.3) is 22.3 Å². The normalized spacial score (nSPS) is 18.4. The van der Waals surface area contributed by atoms with Crippen molar-refractivity contribution in [3.8, 4) is 33.9 Å². The van der Waals surface area contributed by atoms with Crippen LogP contribution in [0.4, 0.5) is 8.78 Å². The second kappa shape index (κ2) is 7.95. The summed E-state index contributed by atoms with van der Waals surface area (Å²) in [6, 6.07) is 14.3. The Balaban J connectivity index is 1.57. The molecular formula is C27H20F2N4O2. The first kappa shape index (κ1) is 21.4. The Labute approximate surface area is 200 Å². The molecule has 0 bridgehead atoms. The highest BCUT2D eigenvalue weighted by molar-refractivity contribution is 5.84. The lowest BCUT2D eigenvalue weighted by atomic mass is 9.80. The van der Waals surface area contributed by atoms with Gasteiger partial charge in [0.25, 0.3) is 0 Å². The summed E-state index contributed by atoms with van der Waals surface area (Å²) >= 11 is 0. The average Bonchev–Trinajstić information content (AvgIpc) is 2.85. The number of aliphatic imine (C=N–C) groups is 1. The molecule has 0 radical (unpaired) electrons. The molecule has 0 amide bonds. The predicted octanol–water partition coefficient (Wildman–Crippen LogP) is 5.13. The number of aromatic nitrogens is 2. The van der Waals surface area contributed by atoms with E-state index in [-0.39, 0.29) is 18.8 Å².